The first-order valence-electron chi connectivity index (χ1n) is 13.3. The highest BCUT2D eigenvalue weighted by atomic mass is 32.1. The van der Waals surface area contributed by atoms with Crippen molar-refractivity contribution in [2.75, 3.05) is 10.6 Å². The number of pyridine rings is 2. The van der Waals surface area contributed by atoms with Crippen LogP contribution in [-0.4, -0.2) is 20.2 Å². The van der Waals surface area contributed by atoms with Crippen molar-refractivity contribution in [2.45, 2.75) is 40.0 Å². The average Bonchev–Trinajstić information content (AvgIpc) is 3.54. The minimum atomic E-state index is -0.502. The highest BCUT2D eigenvalue weighted by molar-refractivity contribution is 7.15. The fraction of sp³-hybridized carbons (Fsp3) is 0.219. The molecule has 0 unspecified atom stereocenters. The van der Waals surface area contributed by atoms with Gasteiger partial charge in [0.05, 0.1) is 38.7 Å². The second-order valence-electron chi connectivity index (χ2n) is 10.0. The lowest BCUT2D eigenvalue weighted by Gasteiger charge is -2.28. The summed E-state index contributed by atoms with van der Waals surface area (Å²) < 4.78 is 16.2. The van der Waals surface area contributed by atoms with E-state index in [1.165, 1.54) is 11.3 Å². The number of anilines is 2. The number of aromatic nitrogens is 4. The van der Waals surface area contributed by atoms with Gasteiger partial charge in [-0.25, -0.2) is 4.39 Å². The summed E-state index contributed by atoms with van der Waals surface area (Å²) in [6, 6.07) is 7.87. The first kappa shape index (κ1) is 27.3. The normalized spacial score (nSPS) is 14.4. The summed E-state index contributed by atoms with van der Waals surface area (Å²) in [4.78, 5) is 11.2. The van der Waals surface area contributed by atoms with E-state index in [1.54, 1.807) is 36.0 Å². The Hall–Kier alpha value is -4.30. The van der Waals surface area contributed by atoms with Gasteiger partial charge in [0.25, 0.3) is 0 Å². The first-order chi connectivity index (χ1) is 19.3. The van der Waals surface area contributed by atoms with Crippen LogP contribution in [0.25, 0.3) is 33.7 Å². The van der Waals surface area contributed by atoms with Gasteiger partial charge in [-0.2, -0.15) is 5.10 Å². The molecule has 204 valence electrons. The van der Waals surface area contributed by atoms with Crippen LogP contribution in [0.1, 0.15) is 47.9 Å². The predicted molar refractivity (Wildman–Crippen MR) is 166 cm³/mol. The number of hydrogen-bond acceptors (Lipinski definition) is 6. The Morgan fingerprint density at radius 1 is 1.12 bits per heavy atom. The van der Waals surface area contributed by atoms with Gasteiger partial charge >= 0.3 is 0 Å². The fourth-order valence-electron chi connectivity index (χ4n) is 4.70. The van der Waals surface area contributed by atoms with Gasteiger partial charge in [-0.15, -0.1) is 11.3 Å². The molecule has 0 atom stereocenters. The molecule has 0 aromatic carbocycles. The zero-order chi connectivity index (χ0) is 28.4. The molecule has 0 saturated heterocycles. The largest absolute Gasteiger partial charge is 0.358 e. The molecule has 1 aliphatic rings. The van der Waals surface area contributed by atoms with Gasteiger partial charge in [-0.1, -0.05) is 32.2 Å². The Kier molecular flexibility index (Phi) is 7.80. The Balaban J connectivity index is 1.46. The number of allylic oxidation sites excluding steroid dienone is 2. The maximum absolute atomic E-state index is 16.2. The van der Waals surface area contributed by atoms with Crippen molar-refractivity contribution < 1.29 is 4.39 Å². The highest BCUT2D eigenvalue weighted by Crippen LogP contribution is 2.34. The maximum Gasteiger partial charge on any atom is 0.142 e. The minimum Gasteiger partial charge on any atom is -0.358 e. The van der Waals surface area contributed by atoms with Crippen LogP contribution in [-0.2, 0) is 0 Å². The van der Waals surface area contributed by atoms with Crippen LogP contribution in [0.15, 0.2) is 68.3 Å². The quantitative estimate of drug-likeness (QED) is 0.210. The third kappa shape index (κ3) is 5.40. The molecule has 0 aliphatic heterocycles. The van der Waals surface area contributed by atoms with Crippen LogP contribution in [0.5, 0.6) is 0 Å². The smallest absolute Gasteiger partial charge is 0.142 e. The topological polar surface area (TPSA) is 78.5 Å². The number of halogens is 1. The number of nitrogens with zero attached hydrogens (tertiary/aromatic N) is 3. The van der Waals surface area contributed by atoms with E-state index in [0.29, 0.717) is 33.4 Å². The molecule has 0 amide bonds. The van der Waals surface area contributed by atoms with E-state index in [2.05, 4.69) is 69.6 Å². The van der Waals surface area contributed by atoms with E-state index < -0.39 is 5.83 Å². The molecule has 40 heavy (non-hydrogen) atoms. The summed E-state index contributed by atoms with van der Waals surface area (Å²) in [5.74, 6) is -0.0304. The van der Waals surface area contributed by atoms with Gasteiger partial charge in [0.15, 0.2) is 0 Å². The lowest BCUT2D eigenvalue weighted by molar-refractivity contribution is 0.371. The van der Waals surface area contributed by atoms with E-state index in [0.717, 1.165) is 46.0 Å². The molecule has 1 aliphatic carbocycles. The molecular formula is C32H33FN6S. The summed E-state index contributed by atoms with van der Waals surface area (Å²) in [6.45, 7) is 18.3. The van der Waals surface area contributed by atoms with Crippen LogP contribution in [0, 0.1) is 19.8 Å². The van der Waals surface area contributed by atoms with Gasteiger partial charge in [-0.05, 0) is 69.4 Å². The number of aromatic amines is 1. The van der Waals surface area contributed by atoms with Crippen molar-refractivity contribution >= 4 is 45.9 Å². The molecule has 0 bridgehead atoms. The van der Waals surface area contributed by atoms with Crippen LogP contribution in [0.3, 0.4) is 0 Å². The van der Waals surface area contributed by atoms with E-state index in [9.17, 15) is 0 Å². The molecule has 6 nitrogen and oxygen atoms in total. The van der Waals surface area contributed by atoms with Crippen molar-refractivity contribution in [3.05, 3.63) is 101 Å². The van der Waals surface area contributed by atoms with Crippen LogP contribution < -0.4 is 21.2 Å². The third-order valence-electron chi connectivity index (χ3n) is 7.31. The van der Waals surface area contributed by atoms with Crippen LogP contribution in [0.4, 0.5) is 15.8 Å². The van der Waals surface area contributed by atoms with E-state index in [-0.39, 0.29) is 5.57 Å². The number of nitrogens with one attached hydrogen (secondary N) is 3. The van der Waals surface area contributed by atoms with Crippen molar-refractivity contribution in [3.63, 3.8) is 0 Å². The summed E-state index contributed by atoms with van der Waals surface area (Å²) in [6.07, 6.45) is 10.3. The van der Waals surface area contributed by atoms with Gasteiger partial charge in [0.1, 0.15) is 11.5 Å². The number of H-pyrrole nitrogens is 1. The molecule has 0 spiro atoms. The van der Waals surface area contributed by atoms with Crippen LogP contribution in [0.2, 0.25) is 0 Å². The Labute approximate surface area is 237 Å². The zero-order valence-electron chi connectivity index (χ0n) is 23.1. The molecule has 3 N–H and O–H groups in total. The van der Waals surface area contributed by atoms with E-state index >= 15 is 4.39 Å². The summed E-state index contributed by atoms with van der Waals surface area (Å²) in [5, 5.41) is 14.9. The third-order valence-corrected chi connectivity index (χ3v) is 8.31. The number of aryl methyl sites for hydroxylation is 1. The standard InChI is InChI=1S/C32H33FN6S/c1-7-26-29(30(33)19(3)24-15-25(17-34-16-24)36-21(5)23-9-8-10-23)32(39-38-26)22(6)37-27-13-14-35-31(20(27)4)28-12-11-18(2)40-28/h7,11-17,23,36,38H,3,5-6,8-10H2,1-2,4H3,(H,35,37)/b26-7+,30-29-. The molecule has 1 fully saturated rings. The van der Waals surface area contributed by atoms with E-state index in [4.69, 9.17) is 0 Å². The zero-order valence-corrected chi connectivity index (χ0v) is 23.9. The Bertz CT molecular complexity index is 1740. The molecular weight excluding hydrogens is 519 g/mol. The van der Waals surface area contributed by atoms with Gasteiger partial charge in [0, 0.05) is 39.8 Å². The molecule has 8 heteroatoms. The predicted octanol–water partition coefficient (Wildman–Crippen LogP) is 6.95. The average molecular weight is 553 g/mol. The van der Waals surface area contributed by atoms with E-state index in [1.807, 2.05) is 26.0 Å². The Morgan fingerprint density at radius 3 is 2.60 bits per heavy atom. The molecule has 4 heterocycles. The van der Waals surface area contributed by atoms with Gasteiger partial charge in [-0.3, -0.25) is 15.1 Å². The van der Waals surface area contributed by atoms with Gasteiger partial charge < -0.3 is 10.6 Å². The fourth-order valence-corrected chi connectivity index (χ4v) is 5.62. The van der Waals surface area contributed by atoms with Crippen molar-refractivity contribution in [1.82, 2.24) is 20.2 Å². The molecule has 4 aromatic heterocycles. The maximum atomic E-state index is 16.2. The number of hydrogen-bond donors (Lipinski definition) is 3. The van der Waals surface area contributed by atoms with Crippen molar-refractivity contribution in [1.29, 1.82) is 0 Å². The van der Waals surface area contributed by atoms with Crippen molar-refractivity contribution in [3.8, 4) is 10.6 Å². The molecule has 1 saturated carbocycles. The summed E-state index contributed by atoms with van der Waals surface area (Å²) in [5.41, 5.74) is 6.01. The van der Waals surface area contributed by atoms with Crippen LogP contribution >= 0.6 is 11.3 Å². The number of rotatable bonds is 9. The molecule has 0 radical (unpaired) electrons. The molecule has 4 aromatic rings. The number of thiophene rings is 1. The second-order valence-corrected chi connectivity index (χ2v) is 11.3. The lowest BCUT2D eigenvalue weighted by atomic mass is 9.83. The SMILES string of the molecule is C=C(/C(F)=c1/c(C(=C)Nc2ccnc(-c3ccc(C)s3)c2C)n[nH]/c1=C/C)c1cncc(NC(=C)C2CCC2)c1. The first-order valence-corrected chi connectivity index (χ1v) is 14.1. The van der Waals surface area contributed by atoms with Crippen molar-refractivity contribution in [2.24, 2.45) is 5.92 Å². The Morgan fingerprint density at radius 2 is 1.93 bits per heavy atom. The lowest BCUT2D eigenvalue weighted by Crippen LogP contribution is -2.27. The highest BCUT2D eigenvalue weighted by Gasteiger charge is 2.21. The minimum absolute atomic E-state index is 0.208. The summed E-state index contributed by atoms with van der Waals surface area (Å²) in [7, 11) is 0. The second kappa shape index (κ2) is 11.4. The summed E-state index contributed by atoms with van der Waals surface area (Å²) >= 11 is 1.69. The molecule has 5 rings (SSSR count). The monoisotopic (exact) mass is 552 g/mol. The van der Waals surface area contributed by atoms with Gasteiger partial charge in [0.2, 0.25) is 0 Å².